The molecule has 2 aromatic rings. The number of anilines is 1. The summed E-state index contributed by atoms with van der Waals surface area (Å²) in [4.78, 5) is 25.6. The smallest absolute Gasteiger partial charge is 0.241 e. The van der Waals surface area contributed by atoms with Crippen LogP contribution in [0.2, 0.25) is 0 Å². The number of likely N-dealkylation sites (N-methyl/N-ethyl adjacent to an activating group) is 1. The van der Waals surface area contributed by atoms with Crippen molar-refractivity contribution in [3.05, 3.63) is 54.0 Å². The van der Waals surface area contributed by atoms with E-state index in [1.54, 1.807) is 30.5 Å². The molecule has 0 aliphatic rings. The van der Waals surface area contributed by atoms with Crippen LogP contribution in [0.1, 0.15) is 30.0 Å². The topological polar surface area (TPSA) is 62.6 Å². The highest BCUT2D eigenvalue weighted by Gasteiger charge is 2.19. The van der Waals surface area contributed by atoms with E-state index in [0.29, 0.717) is 17.8 Å². The summed E-state index contributed by atoms with van der Waals surface area (Å²) in [5.41, 5.74) is 1.20. The van der Waals surface area contributed by atoms with Gasteiger partial charge in [0.1, 0.15) is 5.76 Å². The van der Waals surface area contributed by atoms with Crippen LogP contribution < -0.4 is 5.32 Å². The Bertz CT molecular complexity index is 650. The van der Waals surface area contributed by atoms with Crippen LogP contribution in [-0.4, -0.2) is 29.7 Å². The summed E-state index contributed by atoms with van der Waals surface area (Å²) in [5.74, 6) is 0.648. The lowest BCUT2D eigenvalue weighted by Crippen LogP contribution is -2.39. The zero-order valence-electron chi connectivity index (χ0n) is 13.0. The molecule has 1 aromatic heterocycles. The SMILES string of the molecule is CC(=O)c1cccc(NC(=O)[C@H](C)N(C)Cc2ccco2)c1. The monoisotopic (exact) mass is 300 g/mol. The van der Waals surface area contributed by atoms with E-state index in [1.807, 2.05) is 31.0 Å². The van der Waals surface area contributed by atoms with Gasteiger partial charge in [0.05, 0.1) is 18.8 Å². The Morgan fingerprint density at radius 1 is 1.27 bits per heavy atom. The molecule has 0 radical (unpaired) electrons. The molecule has 116 valence electrons. The number of hydrogen-bond acceptors (Lipinski definition) is 4. The first-order valence-corrected chi connectivity index (χ1v) is 7.12. The maximum absolute atomic E-state index is 12.3. The molecular formula is C17H20N2O3. The lowest BCUT2D eigenvalue weighted by molar-refractivity contribution is -0.120. The maximum Gasteiger partial charge on any atom is 0.241 e. The van der Waals surface area contributed by atoms with Crippen molar-refractivity contribution in [2.24, 2.45) is 0 Å². The van der Waals surface area contributed by atoms with Crippen molar-refractivity contribution in [3.63, 3.8) is 0 Å². The number of benzene rings is 1. The van der Waals surface area contributed by atoms with E-state index in [-0.39, 0.29) is 17.7 Å². The van der Waals surface area contributed by atoms with E-state index in [0.717, 1.165) is 5.76 Å². The number of hydrogen-bond donors (Lipinski definition) is 1. The van der Waals surface area contributed by atoms with Gasteiger partial charge in [0, 0.05) is 11.3 Å². The van der Waals surface area contributed by atoms with Crippen molar-refractivity contribution in [2.45, 2.75) is 26.4 Å². The molecular weight excluding hydrogens is 280 g/mol. The Balaban J connectivity index is 1.98. The highest BCUT2D eigenvalue weighted by molar-refractivity contribution is 5.98. The Morgan fingerprint density at radius 2 is 2.05 bits per heavy atom. The molecule has 1 amide bonds. The zero-order chi connectivity index (χ0) is 16.1. The Hall–Kier alpha value is -2.40. The van der Waals surface area contributed by atoms with Crippen LogP contribution in [0.3, 0.4) is 0 Å². The van der Waals surface area contributed by atoms with Crippen LogP contribution >= 0.6 is 0 Å². The molecule has 1 heterocycles. The summed E-state index contributed by atoms with van der Waals surface area (Å²) in [6.07, 6.45) is 1.61. The Labute approximate surface area is 129 Å². The number of amides is 1. The van der Waals surface area contributed by atoms with Gasteiger partial charge in [-0.1, -0.05) is 12.1 Å². The average Bonchev–Trinajstić information content (AvgIpc) is 2.99. The number of nitrogens with one attached hydrogen (secondary N) is 1. The zero-order valence-corrected chi connectivity index (χ0v) is 13.0. The second-order valence-electron chi connectivity index (χ2n) is 5.30. The van der Waals surface area contributed by atoms with Gasteiger partial charge in [-0.25, -0.2) is 0 Å². The Morgan fingerprint density at radius 3 is 2.68 bits per heavy atom. The van der Waals surface area contributed by atoms with Gasteiger partial charge in [-0.15, -0.1) is 0 Å². The summed E-state index contributed by atoms with van der Waals surface area (Å²) in [7, 11) is 1.86. The van der Waals surface area contributed by atoms with Gasteiger partial charge in [-0.2, -0.15) is 0 Å². The molecule has 22 heavy (non-hydrogen) atoms. The first kappa shape index (κ1) is 16.0. The molecule has 1 aromatic carbocycles. The van der Waals surface area contributed by atoms with Crippen LogP contribution in [0.4, 0.5) is 5.69 Å². The minimum atomic E-state index is -0.328. The number of nitrogens with zero attached hydrogens (tertiary/aromatic N) is 1. The molecule has 0 aliphatic heterocycles. The summed E-state index contributed by atoms with van der Waals surface area (Å²) in [6, 6.07) is 10.3. The molecule has 5 nitrogen and oxygen atoms in total. The van der Waals surface area contributed by atoms with Crippen molar-refractivity contribution in [1.82, 2.24) is 4.90 Å². The van der Waals surface area contributed by atoms with Crippen molar-refractivity contribution in [3.8, 4) is 0 Å². The molecule has 1 atom stereocenters. The number of ketones is 1. The van der Waals surface area contributed by atoms with Gasteiger partial charge in [0.2, 0.25) is 5.91 Å². The lowest BCUT2D eigenvalue weighted by atomic mass is 10.1. The Kier molecular flexibility index (Phi) is 5.12. The van der Waals surface area contributed by atoms with Crippen LogP contribution in [0.15, 0.2) is 47.1 Å². The second-order valence-corrected chi connectivity index (χ2v) is 5.30. The second kappa shape index (κ2) is 7.04. The standard InChI is InChI=1S/C17H20N2O3/c1-12(19(3)11-16-8-5-9-22-16)17(21)18-15-7-4-6-14(10-15)13(2)20/h4-10,12H,11H2,1-3H3,(H,18,21)/t12-/m0/s1. The van der Waals surface area contributed by atoms with Gasteiger partial charge in [0.25, 0.3) is 0 Å². The minimum Gasteiger partial charge on any atom is -0.468 e. The molecule has 1 N–H and O–H groups in total. The van der Waals surface area contributed by atoms with Gasteiger partial charge < -0.3 is 9.73 Å². The third-order valence-corrected chi connectivity index (χ3v) is 3.56. The van der Waals surface area contributed by atoms with Crippen molar-refractivity contribution < 1.29 is 14.0 Å². The fourth-order valence-corrected chi connectivity index (χ4v) is 2.05. The number of furan rings is 1. The fraction of sp³-hybridized carbons (Fsp3) is 0.294. The van der Waals surface area contributed by atoms with Crippen LogP contribution in [0.5, 0.6) is 0 Å². The first-order chi connectivity index (χ1) is 10.5. The molecule has 0 aliphatic carbocycles. The number of carbonyl (C=O) groups is 2. The first-order valence-electron chi connectivity index (χ1n) is 7.12. The van der Waals surface area contributed by atoms with E-state index in [4.69, 9.17) is 4.42 Å². The van der Waals surface area contributed by atoms with Crippen molar-refractivity contribution >= 4 is 17.4 Å². The predicted molar refractivity (Wildman–Crippen MR) is 84.7 cm³/mol. The summed E-state index contributed by atoms with van der Waals surface area (Å²) in [6.45, 7) is 3.88. The van der Waals surface area contributed by atoms with Gasteiger partial charge in [-0.3, -0.25) is 14.5 Å². The van der Waals surface area contributed by atoms with E-state index < -0.39 is 0 Å². The van der Waals surface area contributed by atoms with Gasteiger partial charge in [-0.05, 0) is 45.2 Å². The average molecular weight is 300 g/mol. The molecule has 0 fully saturated rings. The molecule has 0 spiro atoms. The largest absolute Gasteiger partial charge is 0.468 e. The van der Waals surface area contributed by atoms with E-state index >= 15 is 0 Å². The summed E-state index contributed by atoms with van der Waals surface area (Å²) >= 11 is 0. The quantitative estimate of drug-likeness (QED) is 0.833. The fourth-order valence-electron chi connectivity index (χ4n) is 2.05. The van der Waals surface area contributed by atoms with Crippen LogP contribution in [-0.2, 0) is 11.3 Å². The molecule has 0 unspecified atom stereocenters. The minimum absolute atomic E-state index is 0.0286. The number of rotatable bonds is 6. The summed E-state index contributed by atoms with van der Waals surface area (Å²) < 4.78 is 5.28. The molecule has 0 saturated carbocycles. The van der Waals surface area contributed by atoms with Crippen molar-refractivity contribution in [2.75, 3.05) is 12.4 Å². The third kappa shape index (κ3) is 4.05. The van der Waals surface area contributed by atoms with Crippen LogP contribution in [0, 0.1) is 0 Å². The molecule has 5 heteroatoms. The third-order valence-electron chi connectivity index (χ3n) is 3.56. The predicted octanol–water partition coefficient (Wildman–Crippen LogP) is 2.94. The van der Waals surface area contributed by atoms with E-state index in [1.165, 1.54) is 6.92 Å². The lowest BCUT2D eigenvalue weighted by Gasteiger charge is -2.22. The molecule has 0 bridgehead atoms. The maximum atomic E-state index is 12.3. The molecule has 0 saturated heterocycles. The van der Waals surface area contributed by atoms with Crippen molar-refractivity contribution in [1.29, 1.82) is 0 Å². The number of Topliss-reactive ketones (excluding diaryl/α,β-unsaturated/α-hetero) is 1. The van der Waals surface area contributed by atoms with E-state index in [9.17, 15) is 9.59 Å². The summed E-state index contributed by atoms with van der Waals surface area (Å²) in [5, 5.41) is 2.83. The highest BCUT2D eigenvalue weighted by atomic mass is 16.3. The van der Waals surface area contributed by atoms with Crippen LogP contribution in [0.25, 0.3) is 0 Å². The number of carbonyl (C=O) groups excluding carboxylic acids is 2. The highest BCUT2D eigenvalue weighted by Crippen LogP contribution is 2.13. The molecule has 2 rings (SSSR count). The van der Waals surface area contributed by atoms with Gasteiger partial charge in [0.15, 0.2) is 5.78 Å². The van der Waals surface area contributed by atoms with E-state index in [2.05, 4.69) is 5.32 Å². The normalized spacial score (nSPS) is 12.2. The van der Waals surface area contributed by atoms with Gasteiger partial charge >= 0.3 is 0 Å².